The van der Waals surface area contributed by atoms with Crippen LogP contribution in [0.25, 0.3) is 11.0 Å². The zero-order valence-corrected chi connectivity index (χ0v) is 12.5. The molecule has 0 aromatic carbocycles. The van der Waals surface area contributed by atoms with Crippen LogP contribution in [0.1, 0.15) is 31.0 Å². The lowest BCUT2D eigenvalue weighted by Gasteiger charge is -2.35. The van der Waals surface area contributed by atoms with Gasteiger partial charge in [-0.05, 0) is 31.4 Å². The molecule has 7 nitrogen and oxygen atoms in total. The van der Waals surface area contributed by atoms with Crippen molar-refractivity contribution in [3.8, 4) is 0 Å². The van der Waals surface area contributed by atoms with Gasteiger partial charge in [0.25, 0.3) is 0 Å². The molecule has 2 aromatic heterocycles. The monoisotopic (exact) mass is 301 g/mol. The number of anilines is 1. The number of carbonyl (C=O) groups excluding carboxylic acids is 1. The van der Waals surface area contributed by atoms with Gasteiger partial charge in [0.05, 0.1) is 17.1 Å². The third-order valence-electron chi connectivity index (χ3n) is 3.98. The Morgan fingerprint density at radius 2 is 2.27 bits per heavy atom. The van der Waals surface area contributed by atoms with E-state index < -0.39 is 0 Å². The Bertz CT molecular complexity index is 691. The zero-order valence-electron chi connectivity index (χ0n) is 12.5. The summed E-state index contributed by atoms with van der Waals surface area (Å²) >= 11 is 0. The van der Waals surface area contributed by atoms with Crippen molar-refractivity contribution in [2.24, 2.45) is 0 Å². The lowest BCUT2D eigenvalue weighted by molar-refractivity contribution is -0.139. The second kappa shape index (κ2) is 6.23. The van der Waals surface area contributed by atoms with E-state index in [1.54, 1.807) is 0 Å². The quantitative estimate of drug-likeness (QED) is 0.918. The molecule has 3 rings (SSSR count). The molecule has 1 unspecified atom stereocenters. The molecule has 0 spiro atoms. The summed E-state index contributed by atoms with van der Waals surface area (Å²) < 4.78 is 4.98. The van der Waals surface area contributed by atoms with E-state index in [-0.39, 0.29) is 18.6 Å². The Labute approximate surface area is 128 Å². The minimum atomic E-state index is -0.0306. The maximum atomic E-state index is 12.2. The molecule has 0 aliphatic carbocycles. The van der Waals surface area contributed by atoms with E-state index in [1.807, 2.05) is 17.0 Å². The summed E-state index contributed by atoms with van der Waals surface area (Å²) in [5.74, 6) is 0.413. The molecule has 2 N–H and O–H groups in total. The first kappa shape index (κ1) is 14.6. The average molecular weight is 301 g/mol. The SMILES string of the molecule is COCC(=O)N1CCCCC1c1ccc2c(N)ncnc2n1. The molecule has 1 saturated heterocycles. The Morgan fingerprint density at radius 1 is 1.41 bits per heavy atom. The number of likely N-dealkylation sites (tertiary alicyclic amines) is 1. The van der Waals surface area contributed by atoms with E-state index in [0.29, 0.717) is 11.5 Å². The molecule has 0 saturated carbocycles. The Kier molecular flexibility index (Phi) is 4.15. The number of rotatable bonds is 3. The lowest BCUT2D eigenvalue weighted by atomic mass is 9.98. The van der Waals surface area contributed by atoms with Gasteiger partial charge >= 0.3 is 0 Å². The van der Waals surface area contributed by atoms with Gasteiger partial charge in [0.15, 0.2) is 5.65 Å². The standard InChI is InChI=1S/C15H19N5O2/c1-22-8-13(21)20-7-3-2-4-12(20)11-6-5-10-14(16)17-9-18-15(10)19-11/h5-6,9,12H,2-4,7-8H2,1H3,(H2,16,17,18,19). The predicted molar refractivity (Wildman–Crippen MR) is 81.9 cm³/mol. The molecule has 0 radical (unpaired) electrons. The first-order valence-corrected chi connectivity index (χ1v) is 7.36. The van der Waals surface area contributed by atoms with Gasteiger partial charge in [-0.2, -0.15) is 0 Å². The van der Waals surface area contributed by atoms with Crippen molar-refractivity contribution < 1.29 is 9.53 Å². The maximum Gasteiger partial charge on any atom is 0.249 e. The number of nitrogens with zero attached hydrogens (tertiary/aromatic N) is 4. The van der Waals surface area contributed by atoms with Crippen LogP contribution in [-0.2, 0) is 9.53 Å². The Balaban J connectivity index is 1.95. The van der Waals surface area contributed by atoms with Crippen molar-refractivity contribution in [2.75, 3.05) is 26.0 Å². The smallest absolute Gasteiger partial charge is 0.249 e. The molecular weight excluding hydrogens is 282 g/mol. The van der Waals surface area contributed by atoms with Gasteiger partial charge in [0, 0.05) is 13.7 Å². The average Bonchev–Trinajstić information content (AvgIpc) is 2.55. The summed E-state index contributed by atoms with van der Waals surface area (Å²) in [5.41, 5.74) is 7.23. The summed E-state index contributed by atoms with van der Waals surface area (Å²) in [6.07, 6.45) is 4.39. The van der Waals surface area contributed by atoms with Crippen LogP contribution in [0.15, 0.2) is 18.5 Å². The third kappa shape index (κ3) is 2.71. The number of nitrogen functional groups attached to an aromatic ring is 1. The molecule has 3 heterocycles. The first-order valence-electron chi connectivity index (χ1n) is 7.36. The number of pyridine rings is 1. The normalized spacial score (nSPS) is 18.6. The van der Waals surface area contributed by atoms with E-state index in [9.17, 15) is 4.79 Å². The fraction of sp³-hybridized carbons (Fsp3) is 0.467. The molecule has 1 amide bonds. The van der Waals surface area contributed by atoms with Crippen LogP contribution < -0.4 is 5.73 Å². The zero-order chi connectivity index (χ0) is 15.5. The number of hydrogen-bond acceptors (Lipinski definition) is 6. The van der Waals surface area contributed by atoms with E-state index in [4.69, 9.17) is 10.5 Å². The highest BCUT2D eigenvalue weighted by molar-refractivity contribution is 5.85. The molecule has 2 aromatic rings. The van der Waals surface area contributed by atoms with Crippen molar-refractivity contribution >= 4 is 22.8 Å². The molecular formula is C15H19N5O2. The summed E-state index contributed by atoms with van der Waals surface area (Å²) in [5, 5.41) is 0.733. The predicted octanol–water partition coefficient (Wildman–Crippen LogP) is 1.31. The Morgan fingerprint density at radius 3 is 3.09 bits per heavy atom. The van der Waals surface area contributed by atoms with Crippen LogP contribution in [0, 0.1) is 0 Å². The van der Waals surface area contributed by atoms with Crippen molar-refractivity contribution in [2.45, 2.75) is 25.3 Å². The van der Waals surface area contributed by atoms with Crippen molar-refractivity contribution in [3.05, 3.63) is 24.2 Å². The lowest BCUT2D eigenvalue weighted by Crippen LogP contribution is -2.40. The van der Waals surface area contributed by atoms with Gasteiger partial charge in [0.1, 0.15) is 18.8 Å². The minimum Gasteiger partial charge on any atom is -0.383 e. The van der Waals surface area contributed by atoms with Crippen LogP contribution >= 0.6 is 0 Å². The second-order valence-electron chi connectivity index (χ2n) is 5.40. The molecule has 1 atom stereocenters. The number of amides is 1. The van der Waals surface area contributed by atoms with Crippen LogP contribution in [0.2, 0.25) is 0 Å². The minimum absolute atomic E-state index is 0.00343. The third-order valence-corrected chi connectivity index (χ3v) is 3.98. The number of hydrogen-bond donors (Lipinski definition) is 1. The Hall–Kier alpha value is -2.28. The summed E-state index contributed by atoms with van der Waals surface area (Å²) in [7, 11) is 1.53. The van der Waals surface area contributed by atoms with Crippen molar-refractivity contribution in [1.29, 1.82) is 0 Å². The largest absolute Gasteiger partial charge is 0.383 e. The molecule has 1 aliphatic rings. The van der Waals surface area contributed by atoms with Crippen LogP contribution in [0.3, 0.4) is 0 Å². The molecule has 1 fully saturated rings. The number of piperidine rings is 1. The van der Waals surface area contributed by atoms with E-state index >= 15 is 0 Å². The highest BCUT2D eigenvalue weighted by Crippen LogP contribution is 2.31. The van der Waals surface area contributed by atoms with Gasteiger partial charge in [0.2, 0.25) is 5.91 Å². The summed E-state index contributed by atoms with van der Waals surface area (Å²) in [6, 6.07) is 3.75. The highest BCUT2D eigenvalue weighted by Gasteiger charge is 2.29. The number of methoxy groups -OCH3 is 1. The fourth-order valence-electron chi connectivity index (χ4n) is 2.91. The number of carbonyl (C=O) groups is 1. The molecule has 22 heavy (non-hydrogen) atoms. The van der Waals surface area contributed by atoms with Crippen LogP contribution in [0.5, 0.6) is 0 Å². The van der Waals surface area contributed by atoms with Crippen molar-refractivity contribution in [3.63, 3.8) is 0 Å². The number of nitrogens with two attached hydrogens (primary N) is 1. The van der Waals surface area contributed by atoms with Gasteiger partial charge < -0.3 is 15.4 Å². The summed E-state index contributed by atoms with van der Waals surface area (Å²) in [6.45, 7) is 0.831. The van der Waals surface area contributed by atoms with Gasteiger partial charge in [-0.25, -0.2) is 15.0 Å². The molecule has 0 bridgehead atoms. The number of fused-ring (bicyclic) bond motifs is 1. The molecule has 116 valence electrons. The number of ether oxygens (including phenoxy) is 1. The highest BCUT2D eigenvalue weighted by atomic mass is 16.5. The second-order valence-corrected chi connectivity index (χ2v) is 5.40. The van der Waals surface area contributed by atoms with Gasteiger partial charge in [-0.1, -0.05) is 0 Å². The maximum absolute atomic E-state index is 12.2. The van der Waals surface area contributed by atoms with Gasteiger partial charge in [-0.3, -0.25) is 4.79 Å². The summed E-state index contributed by atoms with van der Waals surface area (Å²) in [4.78, 5) is 26.8. The van der Waals surface area contributed by atoms with Gasteiger partial charge in [-0.15, -0.1) is 0 Å². The topological polar surface area (TPSA) is 94.2 Å². The molecule has 7 heteroatoms. The van der Waals surface area contributed by atoms with Crippen LogP contribution in [0.4, 0.5) is 5.82 Å². The van der Waals surface area contributed by atoms with Crippen molar-refractivity contribution in [1.82, 2.24) is 19.9 Å². The van der Waals surface area contributed by atoms with E-state index in [1.165, 1.54) is 13.4 Å². The van der Waals surface area contributed by atoms with Crippen LogP contribution in [-0.4, -0.2) is 46.0 Å². The van der Waals surface area contributed by atoms with E-state index in [0.717, 1.165) is 36.9 Å². The first-order chi connectivity index (χ1) is 10.7. The van der Waals surface area contributed by atoms with E-state index in [2.05, 4.69) is 15.0 Å². The molecule has 1 aliphatic heterocycles. The fourth-order valence-corrected chi connectivity index (χ4v) is 2.91. The number of aromatic nitrogens is 3.